The van der Waals surface area contributed by atoms with Crippen LogP contribution in [-0.2, 0) is 22.3 Å². The van der Waals surface area contributed by atoms with Gasteiger partial charge in [-0.15, -0.1) is 0 Å². The number of halogens is 5. The predicted molar refractivity (Wildman–Crippen MR) is 94.1 cm³/mol. The van der Waals surface area contributed by atoms with Crippen molar-refractivity contribution in [1.82, 2.24) is 0 Å². The largest absolute Gasteiger partial charge is 0.464 e. The van der Waals surface area contributed by atoms with E-state index in [4.69, 9.17) is 28.6 Å². The molecule has 0 aromatic heterocycles. The number of nitrogens with one attached hydrogen (secondary N) is 2. The van der Waals surface area contributed by atoms with Crippen molar-refractivity contribution >= 4 is 40.6 Å². The van der Waals surface area contributed by atoms with E-state index in [0.29, 0.717) is 15.6 Å². The van der Waals surface area contributed by atoms with Crippen molar-refractivity contribution in [3.8, 4) is 0 Å². The Bertz CT molecular complexity index is 854. The van der Waals surface area contributed by atoms with E-state index in [1.54, 1.807) is 12.1 Å². The number of hydrogen-bond acceptors (Lipinski definition) is 4. The van der Waals surface area contributed by atoms with E-state index in [2.05, 4.69) is 10.1 Å². The molecule has 0 saturated carbocycles. The Morgan fingerprint density at radius 1 is 1.19 bits per heavy atom. The van der Waals surface area contributed by atoms with Gasteiger partial charge in [-0.3, -0.25) is 5.41 Å². The van der Waals surface area contributed by atoms with Crippen LogP contribution in [0.5, 0.6) is 0 Å². The summed E-state index contributed by atoms with van der Waals surface area (Å²) in [5.41, 5.74) is -0.949. The van der Waals surface area contributed by atoms with Crippen LogP contribution in [0, 0.1) is 5.41 Å². The highest BCUT2D eigenvalue weighted by molar-refractivity contribution is 6.43. The summed E-state index contributed by atoms with van der Waals surface area (Å²) in [6, 6.07) is 7.39. The van der Waals surface area contributed by atoms with Crippen LogP contribution in [0.15, 0.2) is 36.4 Å². The number of hydrogen-bond donors (Lipinski definition) is 2. The van der Waals surface area contributed by atoms with Crippen LogP contribution in [0.3, 0.4) is 0 Å². The molecule has 0 spiro atoms. The molecule has 2 N–H and O–H groups in total. The molecule has 0 saturated heterocycles. The van der Waals surface area contributed by atoms with E-state index in [1.807, 2.05) is 0 Å². The average molecular weight is 405 g/mol. The van der Waals surface area contributed by atoms with Gasteiger partial charge in [-0.1, -0.05) is 29.3 Å². The van der Waals surface area contributed by atoms with Crippen LogP contribution >= 0.6 is 23.2 Å². The highest BCUT2D eigenvalue weighted by atomic mass is 35.5. The number of esters is 1. The Kier molecular flexibility index (Phi) is 6.15. The number of methoxy groups -OCH3 is 1. The predicted octanol–water partition coefficient (Wildman–Crippen LogP) is 5.17. The first-order chi connectivity index (χ1) is 12.1. The molecule has 26 heavy (non-hydrogen) atoms. The zero-order valence-corrected chi connectivity index (χ0v) is 14.9. The van der Waals surface area contributed by atoms with Crippen LogP contribution in [0.25, 0.3) is 0 Å². The molecule has 0 amide bonds. The Hall–Kier alpha value is -2.25. The van der Waals surface area contributed by atoms with E-state index >= 15 is 0 Å². The van der Waals surface area contributed by atoms with Crippen LogP contribution in [-0.4, -0.2) is 18.8 Å². The molecule has 2 rings (SSSR count). The van der Waals surface area contributed by atoms with E-state index in [9.17, 15) is 18.0 Å². The summed E-state index contributed by atoms with van der Waals surface area (Å²) in [7, 11) is 1.08. The van der Waals surface area contributed by atoms with Gasteiger partial charge in [0.15, 0.2) is 0 Å². The van der Waals surface area contributed by atoms with E-state index in [0.717, 1.165) is 25.3 Å². The number of carbonyl (C=O) groups excluding carboxylic acids is 1. The van der Waals surface area contributed by atoms with E-state index in [-0.39, 0.29) is 17.8 Å². The molecule has 138 valence electrons. The molecule has 0 aliphatic rings. The van der Waals surface area contributed by atoms with Crippen molar-refractivity contribution in [2.75, 3.05) is 12.4 Å². The molecule has 0 unspecified atom stereocenters. The highest BCUT2D eigenvalue weighted by Crippen LogP contribution is 2.33. The Labute approximate surface area is 157 Å². The lowest BCUT2D eigenvalue weighted by molar-refractivity contribution is -0.137. The third-order valence-corrected chi connectivity index (χ3v) is 4.08. The summed E-state index contributed by atoms with van der Waals surface area (Å²) in [5.74, 6) is -0.961. The first kappa shape index (κ1) is 20.1. The second-order valence-electron chi connectivity index (χ2n) is 5.21. The van der Waals surface area contributed by atoms with Crippen molar-refractivity contribution in [1.29, 1.82) is 5.41 Å². The molecule has 0 fully saturated rings. The molecular formula is C17H13Cl2F3N2O2. The summed E-state index contributed by atoms with van der Waals surface area (Å²) in [6.07, 6.45) is -4.57. The molecule has 0 aliphatic carbocycles. The van der Waals surface area contributed by atoms with Crippen LogP contribution < -0.4 is 5.32 Å². The third-order valence-electron chi connectivity index (χ3n) is 3.49. The van der Waals surface area contributed by atoms with Gasteiger partial charge in [0.05, 0.1) is 12.7 Å². The summed E-state index contributed by atoms with van der Waals surface area (Å²) in [4.78, 5) is 11.6. The van der Waals surface area contributed by atoms with Gasteiger partial charge in [-0.25, -0.2) is 4.79 Å². The third kappa shape index (κ3) is 4.68. The first-order valence-electron chi connectivity index (χ1n) is 7.19. The van der Waals surface area contributed by atoms with Gasteiger partial charge < -0.3 is 10.1 Å². The molecule has 2 aromatic carbocycles. The number of benzene rings is 2. The molecule has 0 heterocycles. The maximum absolute atomic E-state index is 13.0. The Morgan fingerprint density at radius 2 is 1.88 bits per heavy atom. The topological polar surface area (TPSA) is 62.2 Å². The van der Waals surface area contributed by atoms with Crippen molar-refractivity contribution in [2.24, 2.45) is 0 Å². The number of carbonyl (C=O) groups is 1. The molecule has 0 bridgehead atoms. The van der Waals surface area contributed by atoms with Crippen LogP contribution in [0.2, 0.25) is 10.0 Å². The number of rotatable bonds is 5. The van der Waals surface area contributed by atoms with Crippen molar-refractivity contribution < 1.29 is 22.7 Å². The fourth-order valence-electron chi connectivity index (χ4n) is 2.15. The van der Waals surface area contributed by atoms with Gasteiger partial charge in [0.1, 0.15) is 5.71 Å². The minimum Gasteiger partial charge on any atom is -0.464 e. The summed E-state index contributed by atoms with van der Waals surface area (Å²) < 4.78 is 43.4. The number of anilines is 1. The number of alkyl halides is 3. The SMILES string of the molecule is COC(=O)C(=N)c1ccc(C(F)(F)F)cc1NCc1ccc(Cl)cc1Cl. The van der Waals surface area contributed by atoms with Gasteiger partial charge in [0, 0.05) is 27.8 Å². The van der Waals surface area contributed by atoms with Crippen LogP contribution in [0.4, 0.5) is 18.9 Å². The lowest BCUT2D eigenvalue weighted by atomic mass is 10.0. The lowest BCUT2D eigenvalue weighted by Gasteiger charge is -2.16. The molecule has 9 heteroatoms. The zero-order chi connectivity index (χ0) is 19.5. The highest BCUT2D eigenvalue weighted by Gasteiger charge is 2.31. The quantitative estimate of drug-likeness (QED) is 0.533. The molecule has 2 aromatic rings. The van der Waals surface area contributed by atoms with E-state index < -0.39 is 23.4 Å². The van der Waals surface area contributed by atoms with Gasteiger partial charge in [0.2, 0.25) is 0 Å². The van der Waals surface area contributed by atoms with Gasteiger partial charge in [0.25, 0.3) is 0 Å². The molecule has 0 radical (unpaired) electrons. The van der Waals surface area contributed by atoms with Gasteiger partial charge >= 0.3 is 12.1 Å². The second-order valence-corrected chi connectivity index (χ2v) is 6.06. The molecular weight excluding hydrogens is 392 g/mol. The summed E-state index contributed by atoms with van der Waals surface area (Å²) in [6.45, 7) is 0.0682. The standard InChI is InChI=1S/C17H13Cl2F3N2O2/c1-26-16(25)15(23)12-5-3-10(17(20,21)22)6-14(12)24-8-9-2-4-11(18)7-13(9)19/h2-7,23-24H,8H2,1H3. The average Bonchev–Trinajstić information content (AvgIpc) is 2.58. The normalized spacial score (nSPS) is 11.2. The minimum absolute atomic E-state index is 0.0186. The molecule has 0 aliphatic heterocycles. The van der Waals surface area contributed by atoms with Crippen molar-refractivity contribution in [3.05, 3.63) is 63.1 Å². The van der Waals surface area contributed by atoms with Gasteiger partial charge in [-0.2, -0.15) is 13.2 Å². The summed E-state index contributed by atoms with van der Waals surface area (Å²) in [5, 5.41) is 11.4. The zero-order valence-electron chi connectivity index (χ0n) is 13.4. The second kappa shape index (κ2) is 7.97. The Morgan fingerprint density at radius 3 is 2.46 bits per heavy atom. The maximum Gasteiger partial charge on any atom is 0.416 e. The fraction of sp³-hybridized carbons (Fsp3) is 0.176. The molecule has 0 atom stereocenters. The van der Waals surface area contributed by atoms with Crippen LogP contribution in [0.1, 0.15) is 16.7 Å². The summed E-state index contributed by atoms with van der Waals surface area (Å²) >= 11 is 11.9. The van der Waals surface area contributed by atoms with Crippen molar-refractivity contribution in [2.45, 2.75) is 12.7 Å². The fourth-order valence-corrected chi connectivity index (χ4v) is 2.63. The lowest BCUT2D eigenvalue weighted by Crippen LogP contribution is -2.18. The first-order valence-corrected chi connectivity index (χ1v) is 7.95. The molecule has 4 nitrogen and oxygen atoms in total. The van der Waals surface area contributed by atoms with E-state index in [1.165, 1.54) is 6.07 Å². The van der Waals surface area contributed by atoms with Crippen molar-refractivity contribution in [3.63, 3.8) is 0 Å². The number of ether oxygens (including phenoxy) is 1. The minimum atomic E-state index is -4.57. The van der Waals surface area contributed by atoms with Gasteiger partial charge in [-0.05, 0) is 35.9 Å². The maximum atomic E-state index is 13.0. The Balaban J connectivity index is 2.39. The monoisotopic (exact) mass is 404 g/mol. The smallest absolute Gasteiger partial charge is 0.416 e.